The van der Waals surface area contributed by atoms with E-state index in [1.165, 1.54) is 12.8 Å². The maximum atomic E-state index is 11.5. The highest BCUT2D eigenvalue weighted by Gasteiger charge is 2.18. The fourth-order valence-electron chi connectivity index (χ4n) is 2.05. The number of aliphatic hydroxyl groups excluding tert-OH is 1. The number of aliphatic hydroxyl groups is 1. The van der Waals surface area contributed by atoms with Crippen molar-refractivity contribution in [1.82, 2.24) is 10.6 Å². The molecule has 1 saturated carbocycles. The molecule has 3 N–H and O–H groups in total. The van der Waals surface area contributed by atoms with Gasteiger partial charge in [-0.2, -0.15) is 0 Å². The highest BCUT2D eigenvalue weighted by Crippen LogP contribution is 2.27. The van der Waals surface area contributed by atoms with E-state index in [0.29, 0.717) is 12.3 Å². The lowest BCUT2D eigenvalue weighted by Crippen LogP contribution is -2.39. The topological polar surface area (TPSA) is 78.4 Å². The number of nitrogens with one attached hydrogen (secondary N) is 2. The summed E-state index contributed by atoms with van der Waals surface area (Å²) in [5.41, 5.74) is 0. The highest BCUT2D eigenvalue weighted by atomic mass is 16.3. The lowest BCUT2D eigenvalue weighted by atomic mass is 10.0. The number of amides is 2. The second-order valence-corrected chi connectivity index (χ2v) is 4.78. The average molecular weight is 242 g/mol. The molecule has 2 amide bonds. The maximum absolute atomic E-state index is 11.5. The van der Waals surface area contributed by atoms with Gasteiger partial charge in [0.25, 0.3) is 0 Å². The first-order chi connectivity index (χ1) is 8.08. The van der Waals surface area contributed by atoms with Crippen LogP contribution in [-0.4, -0.2) is 36.1 Å². The summed E-state index contributed by atoms with van der Waals surface area (Å²) in [5, 5.41) is 14.1. The van der Waals surface area contributed by atoms with Crippen LogP contribution in [0.25, 0.3) is 0 Å². The van der Waals surface area contributed by atoms with Crippen molar-refractivity contribution in [1.29, 1.82) is 0 Å². The van der Waals surface area contributed by atoms with E-state index in [1.54, 1.807) is 6.92 Å². The van der Waals surface area contributed by atoms with Gasteiger partial charge in [-0.1, -0.05) is 12.8 Å². The zero-order valence-corrected chi connectivity index (χ0v) is 10.4. The van der Waals surface area contributed by atoms with E-state index in [-0.39, 0.29) is 24.9 Å². The molecule has 0 bridgehead atoms. The summed E-state index contributed by atoms with van der Waals surface area (Å²) in [6.07, 6.45) is 4.65. The fraction of sp³-hybridized carbons (Fsp3) is 0.833. The van der Waals surface area contributed by atoms with E-state index in [4.69, 9.17) is 5.11 Å². The molecule has 0 aromatic rings. The minimum Gasteiger partial charge on any atom is -0.392 e. The first-order valence-corrected chi connectivity index (χ1v) is 6.29. The van der Waals surface area contributed by atoms with E-state index < -0.39 is 6.10 Å². The molecule has 0 aliphatic heterocycles. The number of carbonyl (C=O) groups excluding carboxylic acids is 2. The average Bonchev–Trinajstić information content (AvgIpc) is 2.76. The summed E-state index contributed by atoms with van der Waals surface area (Å²) >= 11 is 0. The molecule has 0 heterocycles. The van der Waals surface area contributed by atoms with Crippen LogP contribution >= 0.6 is 0 Å². The van der Waals surface area contributed by atoms with Crippen LogP contribution in [0.4, 0.5) is 0 Å². The Morgan fingerprint density at radius 3 is 2.47 bits per heavy atom. The SMILES string of the molecule is CC(O)CNC(=O)CNC(=O)CC1CCCC1. The van der Waals surface area contributed by atoms with Crippen LogP contribution in [0, 0.1) is 5.92 Å². The van der Waals surface area contributed by atoms with Gasteiger partial charge in [0.15, 0.2) is 0 Å². The first kappa shape index (κ1) is 14.0. The van der Waals surface area contributed by atoms with Crippen LogP contribution in [-0.2, 0) is 9.59 Å². The van der Waals surface area contributed by atoms with E-state index in [2.05, 4.69) is 10.6 Å². The van der Waals surface area contributed by atoms with Crippen molar-refractivity contribution in [3.63, 3.8) is 0 Å². The number of carbonyl (C=O) groups is 2. The fourth-order valence-corrected chi connectivity index (χ4v) is 2.05. The zero-order valence-electron chi connectivity index (χ0n) is 10.4. The third kappa shape index (κ3) is 6.26. The van der Waals surface area contributed by atoms with Gasteiger partial charge in [0.05, 0.1) is 12.6 Å². The predicted molar refractivity (Wildman–Crippen MR) is 64.3 cm³/mol. The van der Waals surface area contributed by atoms with Crippen LogP contribution in [0.2, 0.25) is 0 Å². The molecular formula is C12H22N2O3. The molecule has 1 aliphatic carbocycles. The van der Waals surface area contributed by atoms with Crippen LogP contribution in [0.15, 0.2) is 0 Å². The normalized spacial score (nSPS) is 17.8. The Hall–Kier alpha value is -1.10. The van der Waals surface area contributed by atoms with Crippen molar-refractivity contribution in [3.05, 3.63) is 0 Å². The van der Waals surface area contributed by atoms with E-state index >= 15 is 0 Å². The van der Waals surface area contributed by atoms with E-state index in [9.17, 15) is 9.59 Å². The highest BCUT2D eigenvalue weighted by molar-refractivity contribution is 5.84. The minimum atomic E-state index is -0.562. The molecule has 98 valence electrons. The predicted octanol–water partition coefficient (Wildman–Crippen LogP) is 0.180. The second-order valence-electron chi connectivity index (χ2n) is 4.78. The van der Waals surface area contributed by atoms with E-state index in [1.807, 2.05) is 0 Å². The molecule has 5 heteroatoms. The van der Waals surface area contributed by atoms with Crippen LogP contribution in [0.1, 0.15) is 39.0 Å². The molecule has 17 heavy (non-hydrogen) atoms. The Labute approximate surface area is 102 Å². The lowest BCUT2D eigenvalue weighted by molar-refractivity contribution is -0.126. The largest absolute Gasteiger partial charge is 0.392 e. The van der Waals surface area contributed by atoms with Crippen molar-refractivity contribution in [2.24, 2.45) is 5.92 Å². The third-order valence-corrected chi connectivity index (χ3v) is 2.99. The lowest BCUT2D eigenvalue weighted by Gasteiger charge is -2.10. The molecular weight excluding hydrogens is 220 g/mol. The van der Waals surface area contributed by atoms with Gasteiger partial charge in [0.2, 0.25) is 11.8 Å². The van der Waals surface area contributed by atoms with Crippen molar-refractivity contribution in [2.75, 3.05) is 13.1 Å². The molecule has 0 spiro atoms. The van der Waals surface area contributed by atoms with Crippen molar-refractivity contribution in [3.8, 4) is 0 Å². The van der Waals surface area contributed by atoms with Crippen LogP contribution in [0.3, 0.4) is 0 Å². The Bertz CT molecular complexity index is 260. The molecule has 0 aromatic heterocycles. The smallest absolute Gasteiger partial charge is 0.239 e. The van der Waals surface area contributed by atoms with Crippen LogP contribution < -0.4 is 10.6 Å². The van der Waals surface area contributed by atoms with Crippen molar-refractivity contribution < 1.29 is 14.7 Å². The molecule has 1 rings (SSSR count). The minimum absolute atomic E-state index is 0.00171. The summed E-state index contributed by atoms with van der Waals surface area (Å²) in [7, 11) is 0. The van der Waals surface area contributed by atoms with Gasteiger partial charge >= 0.3 is 0 Å². The summed E-state index contributed by atoms with van der Waals surface area (Å²) in [5.74, 6) is 0.185. The Morgan fingerprint density at radius 2 is 1.88 bits per heavy atom. The third-order valence-electron chi connectivity index (χ3n) is 2.99. The van der Waals surface area contributed by atoms with Gasteiger partial charge in [-0.05, 0) is 25.7 Å². The number of hydrogen-bond acceptors (Lipinski definition) is 3. The van der Waals surface area contributed by atoms with Crippen molar-refractivity contribution in [2.45, 2.75) is 45.1 Å². The van der Waals surface area contributed by atoms with Crippen molar-refractivity contribution >= 4 is 11.8 Å². The van der Waals surface area contributed by atoms with Gasteiger partial charge in [-0.25, -0.2) is 0 Å². The summed E-state index contributed by atoms with van der Waals surface area (Å²) in [6.45, 7) is 1.81. The maximum Gasteiger partial charge on any atom is 0.239 e. The zero-order chi connectivity index (χ0) is 12.7. The number of rotatable bonds is 6. The monoisotopic (exact) mass is 242 g/mol. The van der Waals surface area contributed by atoms with Gasteiger partial charge in [-0.3, -0.25) is 9.59 Å². The van der Waals surface area contributed by atoms with E-state index in [0.717, 1.165) is 12.8 Å². The molecule has 1 aliphatic rings. The standard InChI is InChI=1S/C12H22N2O3/c1-9(15)7-13-12(17)8-14-11(16)6-10-4-2-3-5-10/h9-10,15H,2-8H2,1H3,(H,13,17)(H,14,16). The summed E-state index contributed by atoms with van der Waals surface area (Å²) in [6, 6.07) is 0. The Morgan fingerprint density at radius 1 is 1.24 bits per heavy atom. The quantitative estimate of drug-likeness (QED) is 0.621. The first-order valence-electron chi connectivity index (χ1n) is 6.29. The molecule has 1 unspecified atom stereocenters. The molecule has 0 aromatic carbocycles. The molecule has 5 nitrogen and oxygen atoms in total. The Kier molecular flexibility index (Phi) is 5.97. The Balaban J connectivity index is 2.08. The van der Waals surface area contributed by atoms with Gasteiger partial charge in [0, 0.05) is 13.0 Å². The van der Waals surface area contributed by atoms with Gasteiger partial charge < -0.3 is 15.7 Å². The second kappa shape index (κ2) is 7.27. The van der Waals surface area contributed by atoms with Crippen LogP contribution in [0.5, 0.6) is 0 Å². The number of hydrogen-bond donors (Lipinski definition) is 3. The molecule has 1 fully saturated rings. The molecule has 0 saturated heterocycles. The summed E-state index contributed by atoms with van der Waals surface area (Å²) in [4.78, 5) is 22.8. The molecule has 1 atom stereocenters. The van der Waals surface area contributed by atoms with Gasteiger partial charge in [-0.15, -0.1) is 0 Å². The molecule has 0 radical (unpaired) electrons. The van der Waals surface area contributed by atoms with Gasteiger partial charge in [0.1, 0.15) is 0 Å². The summed E-state index contributed by atoms with van der Waals surface area (Å²) < 4.78 is 0.